The van der Waals surface area contributed by atoms with Crippen LogP contribution in [0.4, 0.5) is 0 Å². The largest absolute Gasteiger partial charge is 0.299 e. The smallest absolute Gasteiger partial charge is 0.136 e. The predicted octanol–water partition coefficient (Wildman–Crippen LogP) is 3.86. The van der Waals surface area contributed by atoms with E-state index in [1.165, 1.54) is 11.1 Å². The van der Waals surface area contributed by atoms with Crippen molar-refractivity contribution in [1.82, 2.24) is 0 Å². The van der Waals surface area contributed by atoms with Crippen molar-refractivity contribution in [2.45, 2.75) is 52.4 Å². The van der Waals surface area contributed by atoms with Crippen LogP contribution in [0.5, 0.6) is 0 Å². The first kappa shape index (κ1) is 13.8. The van der Waals surface area contributed by atoms with Crippen LogP contribution >= 0.6 is 0 Å². The molecule has 4 aliphatic carbocycles. The summed E-state index contributed by atoms with van der Waals surface area (Å²) in [5.74, 6) is 3.02. The molecule has 0 amide bonds. The minimum absolute atomic E-state index is 0.389. The van der Waals surface area contributed by atoms with E-state index in [-0.39, 0.29) is 0 Å². The molecule has 0 aromatic rings. The lowest BCUT2D eigenvalue weighted by Gasteiger charge is -2.07. The Balaban J connectivity index is 0.000000121. The van der Waals surface area contributed by atoms with Crippen molar-refractivity contribution in [3.63, 3.8) is 0 Å². The Morgan fingerprint density at radius 1 is 0.950 bits per heavy atom. The van der Waals surface area contributed by atoms with Crippen LogP contribution in [-0.2, 0) is 9.59 Å². The van der Waals surface area contributed by atoms with Gasteiger partial charge in [0, 0.05) is 24.7 Å². The Labute approximate surface area is 121 Å². The maximum atomic E-state index is 11.2. The van der Waals surface area contributed by atoms with E-state index in [0.29, 0.717) is 35.2 Å². The van der Waals surface area contributed by atoms with Crippen LogP contribution in [0.2, 0.25) is 0 Å². The van der Waals surface area contributed by atoms with Gasteiger partial charge in [0.2, 0.25) is 0 Å². The lowest BCUT2D eigenvalue weighted by molar-refractivity contribution is -0.121. The van der Waals surface area contributed by atoms with Crippen molar-refractivity contribution in [2.75, 3.05) is 0 Å². The third-order valence-electron chi connectivity index (χ3n) is 5.57. The molecule has 0 aliphatic heterocycles. The van der Waals surface area contributed by atoms with E-state index in [0.717, 1.165) is 38.5 Å². The van der Waals surface area contributed by atoms with E-state index in [2.05, 4.69) is 26.0 Å². The van der Waals surface area contributed by atoms with Gasteiger partial charge >= 0.3 is 0 Å². The maximum Gasteiger partial charge on any atom is 0.136 e. The average Bonchev–Trinajstić information content (AvgIpc) is 3.11. The van der Waals surface area contributed by atoms with Crippen molar-refractivity contribution in [3.8, 4) is 0 Å². The molecule has 4 rings (SSSR count). The van der Waals surface area contributed by atoms with E-state index in [4.69, 9.17) is 0 Å². The first-order valence-corrected chi connectivity index (χ1v) is 7.95. The molecule has 4 aliphatic rings. The summed E-state index contributed by atoms with van der Waals surface area (Å²) < 4.78 is 0. The fraction of sp³-hybridized carbons (Fsp3) is 0.667. The summed E-state index contributed by atoms with van der Waals surface area (Å²) in [6, 6.07) is 0. The van der Waals surface area contributed by atoms with Crippen LogP contribution < -0.4 is 0 Å². The first-order valence-electron chi connectivity index (χ1n) is 7.95. The van der Waals surface area contributed by atoms with Gasteiger partial charge in [0.25, 0.3) is 0 Å². The third kappa shape index (κ3) is 2.41. The lowest BCUT2D eigenvalue weighted by Crippen LogP contribution is -2.09. The van der Waals surface area contributed by atoms with E-state index in [9.17, 15) is 9.59 Å². The Morgan fingerprint density at radius 3 is 2.35 bits per heavy atom. The zero-order valence-electron chi connectivity index (χ0n) is 12.5. The maximum absolute atomic E-state index is 11.2. The van der Waals surface area contributed by atoms with Crippen molar-refractivity contribution in [3.05, 3.63) is 23.3 Å². The van der Waals surface area contributed by atoms with Gasteiger partial charge in [-0.3, -0.25) is 9.59 Å². The molecule has 2 saturated carbocycles. The van der Waals surface area contributed by atoms with E-state index in [1.807, 2.05) is 0 Å². The third-order valence-corrected chi connectivity index (χ3v) is 5.57. The van der Waals surface area contributed by atoms with Gasteiger partial charge in [0.05, 0.1) is 0 Å². The van der Waals surface area contributed by atoms with Crippen molar-refractivity contribution in [2.24, 2.45) is 23.7 Å². The number of carbonyl (C=O) groups excluding carboxylic acids is 2. The summed E-state index contributed by atoms with van der Waals surface area (Å²) in [6.45, 7) is 4.29. The standard InChI is InChI=1S/2C9H12O/c1-6-4-7-2-3-9(10)8(7)5-6;1-6-2-3-8-7(6)4-5-9(8)10/h4,7-8H,2-3,5H2,1H3;2,7-8H,3-5H2,1H3/t2*7-,8+/m00/s1. The van der Waals surface area contributed by atoms with Gasteiger partial charge < -0.3 is 0 Å². The molecule has 2 heteroatoms. The SMILES string of the molecule is CC1=CC[C@H]2C(=O)CC[C@@H]12.CC1=C[C@@H]2CCC(=O)[C@@H]2C1. The normalized spacial score (nSPS) is 38.1. The highest BCUT2D eigenvalue weighted by Gasteiger charge is 2.38. The molecule has 0 saturated heterocycles. The quantitative estimate of drug-likeness (QED) is 0.627. The molecule has 0 radical (unpaired) electrons. The topological polar surface area (TPSA) is 34.1 Å². The molecule has 0 N–H and O–H groups in total. The number of ketones is 2. The van der Waals surface area contributed by atoms with Crippen molar-refractivity contribution in [1.29, 1.82) is 0 Å². The summed E-state index contributed by atoms with van der Waals surface area (Å²) in [4.78, 5) is 22.3. The number of hydrogen-bond donors (Lipinski definition) is 0. The highest BCUT2D eigenvalue weighted by molar-refractivity contribution is 5.85. The second-order valence-electron chi connectivity index (χ2n) is 6.89. The summed E-state index contributed by atoms with van der Waals surface area (Å²) in [7, 11) is 0. The van der Waals surface area contributed by atoms with Gasteiger partial charge in [0.1, 0.15) is 11.6 Å². The molecule has 4 atom stereocenters. The van der Waals surface area contributed by atoms with Gasteiger partial charge in [-0.15, -0.1) is 0 Å². The van der Waals surface area contributed by atoms with Crippen LogP contribution in [0.3, 0.4) is 0 Å². The van der Waals surface area contributed by atoms with Crippen LogP contribution in [0.15, 0.2) is 23.3 Å². The molecular weight excluding hydrogens is 248 g/mol. The lowest BCUT2D eigenvalue weighted by atomic mass is 9.95. The highest BCUT2D eigenvalue weighted by Crippen LogP contribution is 2.41. The van der Waals surface area contributed by atoms with E-state index in [1.54, 1.807) is 0 Å². The summed E-state index contributed by atoms with van der Waals surface area (Å²) in [5.41, 5.74) is 2.87. The second-order valence-corrected chi connectivity index (χ2v) is 6.89. The van der Waals surface area contributed by atoms with Gasteiger partial charge in [-0.05, 0) is 51.4 Å². The Hall–Kier alpha value is -1.18. The van der Waals surface area contributed by atoms with Gasteiger partial charge in [-0.25, -0.2) is 0 Å². The van der Waals surface area contributed by atoms with Crippen LogP contribution in [0.1, 0.15) is 52.4 Å². The van der Waals surface area contributed by atoms with Gasteiger partial charge in [-0.1, -0.05) is 23.3 Å². The molecule has 0 heterocycles. The van der Waals surface area contributed by atoms with Gasteiger partial charge in [0.15, 0.2) is 0 Å². The minimum Gasteiger partial charge on any atom is -0.299 e. The second kappa shape index (κ2) is 5.31. The monoisotopic (exact) mass is 272 g/mol. The number of rotatable bonds is 0. The molecular formula is C18H24O2. The Kier molecular flexibility index (Phi) is 3.66. The fourth-order valence-electron chi connectivity index (χ4n) is 4.39. The number of Topliss-reactive ketones (excluding diaryl/α,β-unsaturated/α-hetero) is 2. The summed E-state index contributed by atoms with van der Waals surface area (Å²) in [6.07, 6.45) is 10.5. The molecule has 0 aromatic carbocycles. The molecule has 0 bridgehead atoms. The minimum atomic E-state index is 0.389. The molecule has 2 fully saturated rings. The first-order chi connectivity index (χ1) is 9.56. The van der Waals surface area contributed by atoms with Crippen LogP contribution in [0.25, 0.3) is 0 Å². The Bertz CT molecular complexity index is 492. The van der Waals surface area contributed by atoms with Crippen LogP contribution in [0, 0.1) is 23.7 Å². The molecule has 0 unspecified atom stereocenters. The number of allylic oxidation sites excluding steroid dienone is 4. The van der Waals surface area contributed by atoms with Crippen molar-refractivity contribution >= 4 is 11.6 Å². The van der Waals surface area contributed by atoms with Gasteiger partial charge in [-0.2, -0.15) is 0 Å². The summed E-state index contributed by atoms with van der Waals surface area (Å²) in [5, 5.41) is 0. The molecule has 108 valence electrons. The zero-order valence-corrected chi connectivity index (χ0v) is 12.5. The number of hydrogen-bond acceptors (Lipinski definition) is 2. The predicted molar refractivity (Wildman–Crippen MR) is 79.2 cm³/mol. The molecule has 0 aromatic heterocycles. The van der Waals surface area contributed by atoms with E-state index >= 15 is 0 Å². The van der Waals surface area contributed by atoms with E-state index < -0.39 is 0 Å². The zero-order chi connectivity index (χ0) is 14.3. The number of carbonyl (C=O) groups is 2. The molecule has 20 heavy (non-hydrogen) atoms. The average molecular weight is 272 g/mol. The number of fused-ring (bicyclic) bond motifs is 2. The van der Waals surface area contributed by atoms with Crippen molar-refractivity contribution < 1.29 is 9.59 Å². The Morgan fingerprint density at radius 2 is 1.65 bits per heavy atom. The molecule has 2 nitrogen and oxygen atoms in total. The summed E-state index contributed by atoms with van der Waals surface area (Å²) >= 11 is 0. The highest BCUT2D eigenvalue weighted by atomic mass is 16.1. The molecule has 0 spiro atoms. The fourth-order valence-corrected chi connectivity index (χ4v) is 4.39. The van der Waals surface area contributed by atoms with Crippen LogP contribution in [-0.4, -0.2) is 11.6 Å².